The average molecular weight is 350 g/mol. The lowest BCUT2D eigenvalue weighted by molar-refractivity contribution is 0.0735. The highest BCUT2D eigenvalue weighted by Gasteiger charge is 2.30. The van der Waals surface area contributed by atoms with Gasteiger partial charge in [0.25, 0.3) is 11.5 Å². The summed E-state index contributed by atoms with van der Waals surface area (Å²) in [7, 11) is 0. The second kappa shape index (κ2) is 6.75. The third-order valence-corrected chi connectivity index (χ3v) is 4.98. The number of nitrogens with zero attached hydrogens (tertiary/aromatic N) is 1. The van der Waals surface area contributed by atoms with Gasteiger partial charge in [0, 0.05) is 18.1 Å². The van der Waals surface area contributed by atoms with Crippen LogP contribution < -0.4 is 5.56 Å². The maximum Gasteiger partial charge on any atom is 0.261 e. The number of pyridine rings is 1. The van der Waals surface area contributed by atoms with Crippen LogP contribution in [0.5, 0.6) is 0 Å². The molecule has 1 atom stereocenters. The van der Waals surface area contributed by atoms with Crippen LogP contribution in [0.4, 0.5) is 4.39 Å². The van der Waals surface area contributed by atoms with Crippen molar-refractivity contribution in [1.82, 2.24) is 9.88 Å². The van der Waals surface area contributed by atoms with Gasteiger partial charge in [0.1, 0.15) is 11.4 Å². The van der Waals surface area contributed by atoms with Crippen molar-refractivity contribution in [3.8, 4) is 0 Å². The standard InChI is InChI=1S/C21H19FN2O2/c22-16-7-3-5-14(11-16)12-17-8-4-10-24(17)21(26)18-13-15-6-1-2-9-19(15)23-20(18)25/h1-3,5-7,9,11,13,17H,4,8,10,12H2,(H,23,25). The minimum atomic E-state index is -0.370. The van der Waals surface area contributed by atoms with Crippen molar-refractivity contribution in [2.75, 3.05) is 6.54 Å². The molecule has 0 radical (unpaired) electrons. The number of fused-ring (bicyclic) bond motifs is 1. The molecule has 1 saturated heterocycles. The Morgan fingerprint density at radius 1 is 1.15 bits per heavy atom. The number of hydrogen-bond donors (Lipinski definition) is 1. The topological polar surface area (TPSA) is 53.2 Å². The van der Waals surface area contributed by atoms with E-state index < -0.39 is 0 Å². The summed E-state index contributed by atoms with van der Waals surface area (Å²) in [6, 6.07) is 15.5. The average Bonchev–Trinajstić information content (AvgIpc) is 3.08. The van der Waals surface area contributed by atoms with E-state index in [-0.39, 0.29) is 28.9 Å². The lowest BCUT2D eigenvalue weighted by Gasteiger charge is -2.24. The van der Waals surface area contributed by atoms with Gasteiger partial charge in [-0.25, -0.2) is 4.39 Å². The predicted octanol–water partition coefficient (Wildman–Crippen LogP) is 3.51. The first-order valence-electron chi connectivity index (χ1n) is 8.79. The summed E-state index contributed by atoms with van der Waals surface area (Å²) in [5.74, 6) is -0.528. The summed E-state index contributed by atoms with van der Waals surface area (Å²) in [6.07, 6.45) is 2.33. The fourth-order valence-electron chi connectivity index (χ4n) is 3.71. The molecule has 132 valence electrons. The maximum atomic E-state index is 13.4. The second-order valence-corrected chi connectivity index (χ2v) is 6.73. The molecule has 0 spiro atoms. The zero-order valence-corrected chi connectivity index (χ0v) is 14.2. The van der Waals surface area contributed by atoms with Crippen molar-refractivity contribution in [1.29, 1.82) is 0 Å². The third-order valence-electron chi connectivity index (χ3n) is 4.98. The van der Waals surface area contributed by atoms with Crippen LogP contribution in [0.15, 0.2) is 59.4 Å². The molecular formula is C21H19FN2O2. The Bertz CT molecular complexity index is 1030. The second-order valence-electron chi connectivity index (χ2n) is 6.73. The molecule has 0 bridgehead atoms. The summed E-state index contributed by atoms with van der Waals surface area (Å²) < 4.78 is 13.4. The summed E-state index contributed by atoms with van der Waals surface area (Å²) in [5.41, 5.74) is 1.37. The number of carbonyl (C=O) groups excluding carboxylic acids is 1. The van der Waals surface area contributed by atoms with Crippen LogP contribution in [0.2, 0.25) is 0 Å². The van der Waals surface area contributed by atoms with E-state index in [4.69, 9.17) is 0 Å². The Labute approximate surface area is 150 Å². The first-order valence-corrected chi connectivity index (χ1v) is 8.79. The third kappa shape index (κ3) is 3.12. The number of halogens is 1. The minimum absolute atomic E-state index is 0.0184. The number of carbonyl (C=O) groups is 1. The van der Waals surface area contributed by atoms with Gasteiger partial charge in [-0.3, -0.25) is 9.59 Å². The molecule has 1 unspecified atom stereocenters. The Morgan fingerprint density at radius 2 is 2.00 bits per heavy atom. The number of aromatic nitrogens is 1. The highest BCUT2D eigenvalue weighted by Crippen LogP contribution is 2.23. The molecule has 4 rings (SSSR count). The number of amides is 1. The highest BCUT2D eigenvalue weighted by atomic mass is 19.1. The van der Waals surface area contributed by atoms with E-state index in [1.807, 2.05) is 30.3 Å². The molecule has 2 heterocycles. The van der Waals surface area contributed by atoms with Gasteiger partial charge in [-0.15, -0.1) is 0 Å². The Morgan fingerprint density at radius 3 is 2.85 bits per heavy atom. The van der Waals surface area contributed by atoms with E-state index in [0.29, 0.717) is 18.5 Å². The lowest BCUT2D eigenvalue weighted by atomic mass is 10.0. The van der Waals surface area contributed by atoms with Crippen LogP contribution in [0, 0.1) is 5.82 Å². The molecule has 3 aromatic rings. The molecule has 4 nitrogen and oxygen atoms in total. The monoisotopic (exact) mass is 350 g/mol. The van der Waals surface area contributed by atoms with Crippen molar-refractivity contribution in [3.05, 3.63) is 81.9 Å². The SMILES string of the molecule is O=C(c1cc2ccccc2[nH]c1=O)N1CCCC1Cc1cccc(F)c1. The first-order chi connectivity index (χ1) is 12.6. The summed E-state index contributed by atoms with van der Waals surface area (Å²) >= 11 is 0. The van der Waals surface area contributed by atoms with Crippen LogP contribution in [-0.4, -0.2) is 28.4 Å². The first kappa shape index (κ1) is 16.5. The smallest absolute Gasteiger partial charge is 0.261 e. The Kier molecular flexibility index (Phi) is 4.29. The van der Waals surface area contributed by atoms with Gasteiger partial charge in [-0.05, 0) is 54.5 Å². The van der Waals surface area contributed by atoms with E-state index >= 15 is 0 Å². The van der Waals surface area contributed by atoms with Crippen molar-refractivity contribution in [3.63, 3.8) is 0 Å². The molecule has 1 aliphatic heterocycles. The number of likely N-dealkylation sites (tertiary alicyclic amines) is 1. The molecule has 1 fully saturated rings. The number of hydrogen-bond acceptors (Lipinski definition) is 2. The number of para-hydroxylation sites is 1. The number of benzene rings is 2. The van der Waals surface area contributed by atoms with Crippen LogP contribution in [-0.2, 0) is 6.42 Å². The van der Waals surface area contributed by atoms with Crippen LogP contribution in [0.1, 0.15) is 28.8 Å². The normalized spacial score (nSPS) is 17.0. The van der Waals surface area contributed by atoms with Crippen LogP contribution in [0.3, 0.4) is 0 Å². The van der Waals surface area contributed by atoms with Crippen molar-refractivity contribution in [2.45, 2.75) is 25.3 Å². The van der Waals surface area contributed by atoms with E-state index in [2.05, 4.69) is 4.98 Å². The molecule has 2 aromatic carbocycles. The molecule has 0 saturated carbocycles. The molecule has 0 aliphatic carbocycles. The Balaban J connectivity index is 1.62. The summed E-state index contributed by atoms with van der Waals surface area (Å²) in [4.78, 5) is 29.9. The van der Waals surface area contributed by atoms with Crippen molar-refractivity contribution >= 4 is 16.8 Å². The van der Waals surface area contributed by atoms with Gasteiger partial charge in [-0.2, -0.15) is 0 Å². The van der Waals surface area contributed by atoms with E-state index in [0.717, 1.165) is 23.8 Å². The quantitative estimate of drug-likeness (QED) is 0.786. The molecule has 26 heavy (non-hydrogen) atoms. The zero-order valence-electron chi connectivity index (χ0n) is 14.2. The molecule has 5 heteroatoms. The fraction of sp³-hybridized carbons (Fsp3) is 0.238. The van der Waals surface area contributed by atoms with Crippen molar-refractivity contribution in [2.24, 2.45) is 0 Å². The lowest BCUT2D eigenvalue weighted by Crippen LogP contribution is -2.39. The maximum absolute atomic E-state index is 13.4. The largest absolute Gasteiger partial charge is 0.335 e. The summed E-state index contributed by atoms with van der Waals surface area (Å²) in [6.45, 7) is 0.616. The fourth-order valence-corrected chi connectivity index (χ4v) is 3.71. The molecule has 1 N–H and O–H groups in total. The van der Waals surface area contributed by atoms with Crippen LogP contribution in [0.25, 0.3) is 10.9 Å². The minimum Gasteiger partial charge on any atom is -0.335 e. The van der Waals surface area contributed by atoms with Crippen LogP contribution >= 0.6 is 0 Å². The summed E-state index contributed by atoms with van der Waals surface area (Å²) in [5, 5.41) is 0.830. The number of aromatic amines is 1. The molecule has 1 amide bonds. The number of nitrogens with one attached hydrogen (secondary N) is 1. The van der Waals surface area contributed by atoms with E-state index in [1.165, 1.54) is 12.1 Å². The van der Waals surface area contributed by atoms with Gasteiger partial charge in [0.2, 0.25) is 0 Å². The van der Waals surface area contributed by atoms with Gasteiger partial charge >= 0.3 is 0 Å². The van der Waals surface area contributed by atoms with Gasteiger partial charge in [0.15, 0.2) is 0 Å². The molecule has 1 aromatic heterocycles. The molecular weight excluding hydrogens is 331 g/mol. The predicted molar refractivity (Wildman–Crippen MR) is 98.7 cm³/mol. The van der Waals surface area contributed by atoms with E-state index in [1.54, 1.807) is 17.0 Å². The van der Waals surface area contributed by atoms with Gasteiger partial charge in [-0.1, -0.05) is 30.3 Å². The zero-order chi connectivity index (χ0) is 18.1. The Hall–Kier alpha value is -2.95. The van der Waals surface area contributed by atoms with Gasteiger partial charge in [0.05, 0.1) is 0 Å². The number of rotatable bonds is 3. The number of H-pyrrole nitrogens is 1. The van der Waals surface area contributed by atoms with E-state index in [9.17, 15) is 14.0 Å². The van der Waals surface area contributed by atoms with Gasteiger partial charge < -0.3 is 9.88 Å². The van der Waals surface area contributed by atoms with Crippen molar-refractivity contribution < 1.29 is 9.18 Å². The molecule has 1 aliphatic rings. The highest BCUT2D eigenvalue weighted by molar-refractivity contribution is 5.97.